The first-order valence-electron chi connectivity index (χ1n) is 6.30. The van der Waals surface area contributed by atoms with Crippen LogP contribution in [0.3, 0.4) is 0 Å². The first-order chi connectivity index (χ1) is 8.10. The lowest BCUT2D eigenvalue weighted by atomic mass is 10.2. The molecule has 0 saturated heterocycles. The van der Waals surface area contributed by atoms with Gasteiger partial charge < -0.3 is 5.32 Å². The van der Waals surface area contributed by atoms with Crippen molar-refractivity contribution in [1.29, 1.82) is 0 Å². The molecule has 96 valence electrons. The van der Waals surface area contributed by atoms with E-state index in [9.17, 15) is 4.21 Å². The summed E-state index contributed by atoms with van der Waals surface area (Å²) in [6.07, 6.45) is 1.01. The molecule has 1 aromatic rings. The minimum absolute atomic E-state index is 0.141. The van der Waals surface area contributed by atoms with E-state index in [1.165, 1.54) is 5.56 Å². The molecule has 0 aliphatic carbocycles. The van der Waals surface area contributed by atoms with Gasteiger partial charge in [-0.05, 0) is 44.5 Å². The van der Waals surface area contributed by atoms with E-state index < -0.39 is 10.8 Å². The summed E-state index contributed by atoms with van der Waals surface area (Å²) in [6.45, 7) is 9.25. The molecule has 1 aromatic carbocycles. The number of aryl methyl sites for hydroxylation is 1. The molecule has 0 fully saturated rings. The van der Waals surface area contributed by atoms with Crippen LogP contribution in [0.5, 0.6) is 0 Å². The molecule has 0 heterocycles. The monoisotopic (exact) mass is 253 g/mol. The van der Waals surface area contributed by atoms with Crippen molar-refractivity contribution in [3.8, 4) is 0 Å². The topological polar surface area (TPSA) is 29.1 Å². The number of nitrogens with one attached hydrogen (secondary N) is 1. The van der Waals surface area contributed by atoms with Gasteiger partial charge in [-0.2, -0.15) is 0 Å². The van der Waals surface area contributed by atoms with Gasteiger partial charge in [-0.3, -0.25) is 4.21 Å². The van der Waals surface area contributed by atoms with Crippen LogP contribution >= 0.6 is 0 Å². The lowest BCUT2D eigenvalue weighted by Gasteiger charge is -2.23. The largest absolute Gasteiger partial charge is 0.313 e. The molecular weight excluding hydrogens is 230 g/mol. The van der Waals surface area contributed by atoms with Gasteiger partial charge in [0.15, 0.2) is 0 Å². The second-order valence-corrected chi connectivity index (χ2v) is 6.20. The van der Waals surface area contributed by atoms with Crippen molar-refractivity contribution in [2.24, 2.45) is 0 Å². The highest BCUT2D eigenvalue weighted by molar-refractivity contribution is 7.85. The van der Waals surface area contributed by atoms with E-state index in [0.717, 1.165) is 17.9 Å². The highest BCUT2D eigenvalue weighted by Gasteiger charge is 2.21. The molecule has 17 heavy (non-hydrogen) atoms. The third kappa shape index (κ3) is 3.93. The van der Waals surface area contributed by atoms with E-state index >= 15 is 0 Å². The number of rotatable bonds is 6. The molecule has 0 radical (unpaired) electrons. The smallest absolute Gasteiger partial charge is 0.0573 e. The fourth-order valence-electron chi connectivity index (χ4n) is 2.01. The molecule has 0 bridgehead atoms. The first-order valence-corrected chi connectivity index (χ1v) is 7.52. The van der Waals surface area contributed by atoms with Gasteiger partial charge in [-0.25, -0.2) is 0 Å². The lowest BCUT2D eigenvalue weighted by Crippen LogP contribution is -2.39. The Morgan fingerprint density at radius 3 is 2.59 bits per heavy atom. The summed E-state index contributed by atoms with van der Waals surface area (Å²) in [7, 11) is -0.932. The molecule has 0 spiro atoms. The average Bonchev–Trinajstić information content (AvgIpc) is 2.34. The van der Waals surface area contributed by atoms with Crippen LogP contribution in [0.1, 0.15) is 32.8 Å². The van der Waals surface area contributed by atoms with Crippen molar-refractivity contribution in [1.82, 2.24) is 5.32 Å². The normalized spacial score (nSPS) is 16.5. The molecule has 0 saturated carbocycles. The molecule has 0 aromatic heterocycles. The quantitative estimate of drug-likeness (QED) is 0.844. The molecule has 0 amide bonds. The Morgan fingerprint density at radius 2 is 2.06 bits per heavy atom. The third-order valence-electron chi connectivity index (χ3n) is 3.03. The molecular formula is C14H23NOS. The second kappa shape index (κ2) is 6.92. The van der Waals surface area contributed by atoms with Crippen LogP contribution in [0.15, 0.2) is 29.2 Å². The van der Waals surface area contributed by atoms with E-state index in [0.29, 0.717) is 6.04 Å². The van der Waals surface area contributed by atoms with Crippen LogP contribution in [0, 0.1) is 6.92 Å². The Hall–Kier alpha value is -0.670. The van der Waals surface area contributed by atoms with Gasteiger partial charge >= 0.3 is 0 Å². The molecule has 2 nitrogen and oxygen atoms in total. The summed E-state index contributed by atoms with van der Waals surface area (Å²) in [5.41, 5.74) is 1.17. The van der Waals surface area contributed by atoms with Crippen molar-refractivity contribution in [3.05, 3.63) is 29.8 Å². The summed E-state index contributed by atoms with van der Waals surface area (Å²) in [5.74, 6) is 0. The zero-order chi connectivity index (χ0) is 12.8. The summed E-state index contributed by atoms with van der Waals surface area (Å²) in [6, 6.07) is 8.31. The second-order valence-electron chi connectivity index (χ2n) is 4.39. The standard InChI is InChI=1S/C14H23NOS/c1-5-14(15-6-2)12(4)17(16)13-9-7-8-11(3)10-13/h7-10,12,14-15H,5-6H2,1-4H3. The zero-order valence-electron chi connectivity index (χ0n) is 11.2. The predicted octanol–water partition coefficient (Wildman–Crippen LogP) is 2.88. The minimum Gasteiger partial charge on any atom is -0.313 e. The Labute approximate surface area is 107 Å². The van der Waals surface area contributed by atoms with E-state index in [1.807, 2.05) is 31.2 Å². The van der Waals surface area contributed by atoms with Crippen molar-refractivity contribution in [2.75, 3.05) is 6.54 Å². The van der Waals surface area contributed by atoms with Crippen molar-refractivity contribution in [2.45, 2.75) is 50.3 Å². The molecule has 1 rings (SSSR count). The van der Waals surface area contributed by atoms with Crippen LogP contribution in [0.4, 0.5) is 0 Å². The lowest BCUT2D eigenvalue weighted by molar-refractivity contribution is 0.500. The van der Waals surface area contributed by atoms with Gasteiger partial charge in [0.1, 0.15) is 0 Å². The summed E-state index contributed by atoms with van der Waals surface area (Å²) >= 11 is 0. The van der Waals surface area contributed by atoms with E-state index in [4.69, 9.17) is 0 Å². The van der Waals surface area contributed by atoms with E-state index in [-0.39, 0.29) is 5.25 Å². The van der Waals surface area contributed by atoms with Crippen LogP contribution in [-0.2, 0) is 10.8 Å². The molecule has 0 aliphatic heterocycles. The van der Waals surface area contributed by atoms with Gasteiger partial charge in [0.2, 0.25) is 0 Å². The van der Waals surface area contributed by atoms with Crippen LogP contribution in [0.25, 0.3) is 0 Å². The van der Waals surface area contributed by atoms with Crippen LogP contribution < -0.4 is 5.32 Å². The van der Waals surface area contributed by atoms with Crippen LogP contribution in [-0.4, -0.2) is 22.0 Å². The number of benzene rings is 1. The highest BCUT2D eigenvalue weighted by atomic mass is 32.2. The van der Waals surface area contributed by atoms with E-state index in [2.05, 4.69) is 26.1 Å². The maximum Gasteiger partial charge on any atom is 0.0573 e. The maximum absolute atomic E-state index is 12.4. The predicted molar refractivity (Wildman–Crippen MR) is 74.8 cm³/mol. The fraction of sp³-hybridized carbons (Fsp3) is 0.571. The average molecular weight is 253 g/mol. The zero-order valence-corrected chi connectivity index (χ0v) is 12.0. The first kappa shape index (κ1) is 14.4. The van der Waals surface area contributed by atoms with Crippen molar-refractivity contribution >= 4 is 10.8 Å². The SMILES string of the molecule is CCNC(CC)C(C)S(=O)c1cccc(C)c1. The Bertz CT molecular complexity index is 378. The third-order valence-corrected chi connectivity index (χ3v) is 4.75. The molecule has 0 aliphatic rings. The van der Waals surface area contributed by atoms with Gasteiger partial charge in [-0.1, -0.05) is 26.0 Å². The number of hydrogen-bond acceptors (Lipinski definition) is 2. The maximum atomic E-state index is 12.4. The highest BCUT2D eigenvalue weighted by Crippen LogP contribution is 2.16. The fourth-order valence-corrected chi connectivity index (χ4v) is 3.54. The van der Waals surface area contributed by atoms with E-state index in [1.54, 1.807) is 0 Å². The van der Waals surface area contributed by atoms with Crippen LogP contribution in [0.2, 0.25) is 0 Å². The molecule has 3 atom stereocenters. The minimum atomic E-state index is -0.932. The number of hydrogen-bond donors (Lipinski definition) is 1. The van der Waals surface area contributed by atoms with Crippen molar-refractivity contribution in [3.63, 3.8) is 0 Å². The van der Waals surface area contributed by atoms with Gasteiger partial charge in [0, 0.05) is 10.9 Å². The van der Waals surface area contributed by atoms with Gasteiger partial charge in [0.25, 0.3) is 0 Å². The van der Waals surface area contributed by atoms with Gasteiger partial charge in [0.05, 0.1) is 16.0 Å². The Kier molecular flexibility index (Phi) is 5.86. The summed E-state index contributed by atoms with van der Waals surface area (Å²) in [5, 5.41) is 3.54. The molecule has 1 N–H and O–H groups in total. The molecule has 3 heteroatoms. The van der Waals surface area contributed by atoms with Crippen molar-refractivity contribution < 1.29 is 4.21 Å². The Morgan fingerprint density at radius 1 is 1.35 bits per heavy atom. The molecule has 3 unspecified atom stereocenters. The summed E-state index contributed by atoms with van der Waals surface area (Å²) in [4.78, 5) is 0.939. The summed E-state index contributed by atoms with van der Waals surface area (Å²) < 4.78 is 12.4. The Balaban J connectivity index is 2.81. The van der Waals surface area contributed by atoms with Gasteiger partial charge in [-0.15, -0.1) is 0 Å².